The summed E-state index contributed by atoms with van der Waals surface area (Å²) in [7, 11) is 0. The SMILES string of the molecule is O=C(Nc1cccc(CN2CCCC2=O)c1)c1occc1COc1ccccc1. The Morgan fingerprint density at radius 1 is 1.10 bits per heavy atom. The standard InChI is InChI=1S/C23H22N2O4/c26-21-10-5-12-25(21)15-17-6-4-7-19(14-17)24-23(27)22-18(11-13-28-22)16-29-20-8-2-1-3-9-20/h1-4,6-9,11,13-14H,5,10,12,15-16H2,(H,24,27). The number of benzene rings is 2. The molecule has 6 nitrogen and oxygen atoms in total. The highest BCUT2D eigenvalue weighted by Gasteiger charge is 2.20. The number of anilines is 1. The van der Waals surface area contributed by atoms with E-state index < -0.39 is 0 Å². The zero-order valence-electron chi connectivity index (χ0n) is 16.0. The summed E-state index contributed by atoms with van der Waals surface area (Å²) in [6.45, 7) is 1.58. The van der Waals surface area contributed by atoms with Crippen LogP contribution in [0.3, 0.4) is 0 Å². The van der Waals surface area contributed by atoms with E-state index in [9.17, 15) is 9.59 Å². The van der Waals surface area contributed by atoms with Crippen LogP contribution >= 0.6 is 0 Å². The second kappa shape index (κ2) is 8.65. The molecule has 0 saturated carbocycles. The van der Waals surface area contributed by atoms with Crippen LogP contribution in [0.15, 0.2) is 71.3 Å². The smallest absolute Gasteiger partial charge is 0.291 e. The molecular weight excluding hydrogens is 368 g/mol. The van der Waals surface area contributed by atoms with E-state index in [2.05, 4.69) is 5.32 Å². The van der Waals surface area contributed by atoms with Crippen molar-refractivity contribution in [2.75, 3.05) is 11.9 Å². The van der Waals surface area contributed by atoms with Gasteiger partial charge in [-0.1, -0.05) is 30.3 Å². The molecule has 0 bridgehead atoms. The molecule has 3 aromatic rings. The highest BCUT2D eigenvalue weighted by Crippen LogP contribution is 2.20. The number of nitrogens with zero attached hydrogens (tertiary/aromatic N) is 1. The number of para-hydroxylation sites is 1. The summed E-state index contributed by atoms with van der Waals surface area (Å²) < 4.78 is 11.1. The Bertz CT molecular complexity index is 997. The highest BCUT2D eigenvalue weighted by atomic mass is 16.5. The predicted molar refractivity (Wildman–Crippen MR) is 109 cm³/mol. The molecule has 29 heavy (non-hydrogen) atoms. The van der Waals surface area contributed by atoms with Gasteiger partial charge in [-0.3, -0.25) is 9.59 Å². The summed E-state index contributed by atoms with van der Waals surface area (Å²) in [5.74, 6) is 0.791. The van der Waals surface area contributed by atoms with Crippen molar-refractivity contribution in [1.82, 2.24) is 4.90 Å². The molecule has 1 saturated heterocycles. The number of likely N-dealkylation sites (tertiary alicyclic amines) is 1. The molecule has 1 fully saturated rings. The molecular formula is C23H22N2O4. The summed E-state index contributed by atoms with van der Waals surface area (Å²) in [5, 5.41) is 2.87. The Morgan fingerprint density at radius 2 is 1.97 bits per heavy atom. The van der Waals surface area contributed by atoms with E-state index in [-0.39, 0.29) is 24.2 Å². The lowest BCUT2D eigenvalue weighted by molar-refractivity contribution is -0.128. The highest BCUT2D eigenvalue weighted by molar-refractivity contribution is 6.03. The maximum Gasteiger partial charge on any atom is 0.291 e. The van der Waals surface area contributed by atoms with Gasteiger partial charge in [-0.15, -0.1) is 0 Å². The van der Waals surface area contributed by atoms with E-state index in [4.69, 9.17) is 9.15 Å². The third-order valence-corrected chi connectivity index (χ3v) is 4.82. The Labute approximate surface area is 169 Å². The molecule has 1 aliphatic heterocycles. The van der Waals surface area contributed by atoms with Crippen molar-refractivity contribution in [3.05, 3.63) is 83.8 Å². The van der Waals surface area contributed by atoms with Gasteiger partial charge < -0.3 is 19.4 Å². The van der Waals surface area contributed by atoms with Gasteiger partial charge in [0.25, 0.3) is 5.91 Å². The normalized spacial score (nSPS) is 13.5. The number of nitrogens with one attached hydrogen (secondary N) is 1. The van der Waals surface area contributed by atoms with Crippen LogP contribution in [0.4, 0.5) is 5.69 Å². The zero-order valence-corrected chi connectivity index (χ0v) is 16.0. The zero-order chi connectivity index (χ0) is 20.1. The van der Waals surface area contributed by atoms with E-state index in [0.717, 1.165) is 24.3 Å². The molecule has 2 heterocycles. The molecule has 0 aliphatic carbocycles. The summed E-state index contributed by atoms with van der Waals surface area (Å²) in [6, 6.07) is 18.7. The Kier molecular flexibility index (Phi) is 5.61. The lowest BCUT2D eigenvalue weighted by Crippen LogP contribution is -2.23. The Morgan fingerprint density at radius 3 is 2.76 bits per heavy atom. The summed E-state index contributed by atoms with van der Waals surface area (Å²) in [6.07, 6.45) is 3.00. The van der Waals surface area contributed by atoms with Crippen LogP contribution < -0.4 is 10.1 Å². The number of hydrogen-bond acceptors (Lipinski definition) is 4. The molecule has 0 radical (unpaired) electrons. The number of amides is 2. The van der Waals surface area contributed by atoms with Gasteiger partial charge >= 0.3 is 0 Å². The van der Waals surface area contributed by atoms with Crippen LogP contribution in [0.5, 0.6) is 5.75 Å². The Balaban J connectivity index is 1.40. The van der Waals surface area contributed by atoms with E-state index in [1.165, 1.54) is 6.26 Å². The lowest BCUT2D eigenvalue weighted by Gasteiger charge is -2.16. The van der Waals surface area contributed by atoms with Crippen LogP contribution in [0.2, 0.25) is 0 Å². The predicted octanol–water partition coefficient (Wildman–Crippen LogP) is 4.23. The minimum Gasteiger partial charge on any atom is -0.489 e. The first kappa shape index (κ1) is 18.8. The average Bonchev–Trinajstić information content (AvgIpc) is 3.37. The molecule has 0 atom stereocenters. The molecule has 0 spiro atoms. The third kappa shape index (κ3) is 4.66. The average molecular weight is 390 g/mol. The van der Waals surface area contributed by atoms with Gasteiger partial charge in [0.2, 0.25) is 5.91 Å². The number of carbonyl (C=O) groups excluding carboxylic acids is 2. The van der Waals surface area contributed by atoms with Crippen molar-refractivity contribution in [3.63, 3.8) is 0 Å². The van der Waals surface area contributed by atoms with Crippen molar-refractivity contribution >= 4 is 17.5 Å². The van der Waals surface area contributed by atoms with Gasteiger partial charge in [-0.25, -0.2) is 0 Å². The van der Waals surface area contributed by atoms with Crippen molar-refractivity contribution < 1.29 is 18.7 Å². The summed E-state index contributed by atoms with van der Waals surface area (Å²) in [5.41, 5.74) is 2.31. The maximum atomic E-state index is 12.7. The molecule has 1 aliphatic rings. The van der Waals surface area contributed by atoms with Crippen molar-refractivity contribution in [1.29, 1.82) is 0 Å². The van der Waals surface area contributed by atoms with Gasteiger partial charge in [0.05, 0.1) is 6.26 Å². The van der Waals surface area contributed by atoms with Gasteiger partial charge in [0.15, 0.2) is 5.76 Å². The van der Waals surface area contributed by atoms with E-state index in [1.807, 2.05) is 59.5 Å². The number of hydrogen-bond donors (Lipinski definition) is 1. The van der Waals surface area contributed by atoms with Crippen molar-refractivity contribution in [3.8, 4) is 5.75 Å². The first-order valence-corrected chi connectivity index (χ1v) is 9.61. The number of ether oxygens (including phenoxy) is 1. The van der Waals surface area contributed by atoms with Crippen LogP contribution in [0.1, 0.15) is 34.5 Å². The fourth-order valence-electron chi connectivity index (χ4n) is 3.35. The van der Waals surface area contributed by atoms with Crippen LogP contribution in [0, 0.1) is 0 Å². The summed E-state index contributed by atoms with van der Waals surface area (Å²) in [4.78, 5) is 26.4. The van der Waals surface area contributed by atoms with E-state index in [1.54, 1.807) is 6.07 Å². The maximum absolute atomic E-state index is 12.7. The largest absolute Gasteiger partial charge is 0.489 e. The molecule has 1 aromatic heterocycles. The number of rotatable bonds is 7. The van der Waals surface area contributed by atoms with Gasteiger partial charge in [0, 0.05) is 30.8 Å². The molecule has 0 unspecified atom stereocenters. The van der Waals surface area contributed by atoms with E-state index in [0.29, 0.717) is 24.2 Å². The summed E-state index contributed by atoms with van der Waals surface area (Å²) >= 11 is 0. The van der Waals surface area contributed by atoms with Crippen molar-refractivity contribution in [2.45, 2.75) is 26.0 Å². The topological polar surface area (TPSA) is 71.8 Å². The molecule has 148 valence electrons. The van der Waals surface area contributed by atoms with Crippen LogP contribution in [0.25, 0.3) is 0 Å². The van der Waals surface area contributed by atoms with Crippen LogP contribution in [-0.2, 0) is 17.9 Å². The molecule has 6 heteroatoms. The van der Waals surface area contributed by atoms with Crippen LogP contribution in [-0.4, -0.2) is 23.3 Å². The fraction of sp³-hybridized carbons (Fsp3) is 0.217. The minimum absolute atomic E-state index is 0.179. The molecule has 1 N–H and O–H groups in total. The van der Waals surface area contributed by atoms with E-state index >= 15 is 0 Å². The minimum atomic E-state index is -0.337. The first-order valence-electron chi connectivity index (χ1n) is 9.61. The quantitative estimate of drug-likeness (QED) is 0.655. The van der Waals surface area contributed by atoms with Gasteiger partial charge in [-0.2, -0.15) is 0 Å². The fourth-order valence-corrected chi connectivity index (χ4v) is 3.35. The second-order valence-electron chi connectivity index (χ2n) is 6.95. The number of carbonyl (C=O) groups is 2. The monoisotopic (exact) mass is 390 g/mol. The Hall–Kier alpha value is -3.54. The molecule has 4 rings (SSSR count). The number of furan rings is 1. The second-order valence-corrected chi connectivity index (χ2v) is 6.95. The molecule has 2 amide bonds. The van der Waals surface area contributed by atoms with Crippen molar-refractivity contribution in [2.24, 2.45) is 0 Å². The van der Waals surface area contributed by atoms with Gasteiger partial charge in [0.1, 0.15) is 12.4 Å². The molecule has 2 aromatic carbocycles. The third-order valence-electron chi connectivity index (χ3n) is 4.82. The van der Waals surface area contributed by atoms with Gasteiger partial charge in [-0.05, 0) is 42.3 Å². The lowest BCUT2D eigenvalue weighted by atomic mass is 10.2. The first-order chi connectivity index (χ1) is 14.2.